The quantitative estimate of drug-likeness (QED) is 0.205. The number of hydrogen-bond acceptors (Lipinski definition) is 6. The monoisotopic (exact) mass is 546 g/mol. The zero-order valence-corrected chi connectivity index (χ0v) is 23.7. The summed E-state index contributed by atoms with van der Waals surface area (Å²) in [5.74, 6) is 2.68. The summed E-state index contributed by atoms with van der Waals surface area (Å²) in [4.78, 5) is 20.8. The minimum Gasteiger partial charge on any atom is -0.508 e. The van der Waals surface area contributed by atoms with E-state index in [-0.39, 0.29) is 11.9 Å². The summed E-state index contributed by atoms with van der Waals surface area (Å²) in [5.41, 5.74) is 7.80. The van der Waals surface area contributed by atoms with Crippen LogP contribution in [-0.2, 0) is 0 Å². The lowest BCUT2D eigenvalue weighted by molar-refractivity contribution is 0.128. The molecule has 3 N–H and O–H groups in total. The van der Waals surface area contributed by atoms with Gasteiger partial charge in [-0.1, -0.05) is 12.1 Å². The van der Waals surface area contributed by atoms with Crippen molar-refractivity contribution >= 4 is 22.1 Å². The number of phenolic OH excluding ortho intramolecular Hbond substituents is 1. The Morgan fingerprint density at radius 2 is 1.07 bits per heavy atom. The molecule has 0 atom stereocenters. The van der Waals surface area contributed by atoms with Gasteiger partial charge < -0.3 is 29.6 Å². The van der Waals surface area contributed by atoms with Gasteiger partial charge in [-0.15, -0.1) is 0 Å². The van der Waals surface area contributed by atoms with Gasteiger partial charge in [-0.3, -0.25) is 0 Å². The topological polar surface area (TPSA) is 93.3 Å². The van der Waals surface area contributed by atoms with E-state index in [2.05, 4.69) is 78.3 Å². The number of aromatic hydroxyl groups is 1. The summed E-state index contributed by atoms with van der Waals surface area (Å²) in [5, 5.41) is 9.59. The molecule has 8 heteroatoms. The van der Waals surface area contributed by atoms with E-state index in [0.29, 0.717) is 0 Å². The molecule has 41 heavy (non-hydrogen) atoms. The Bertz CT molecular complexity index is 1780. The van der Waals surface area contributed by atoms with Gasteiger partial charge >= 0.3 is 0 Å². The van der Waals surface area contributed by atoms with Crippen molar-refractivity contribution in [2.75, 3.05) is 41.3 Å². The van der Waals surface area contributed by atoms with E-state index in [4.69, 9.17) is 14.7 Å². The number of aromatic nitrogens is 4. The van der Waals surface area contributed by atoms with Crippen LogP contribution in [0.15, 0.2) is 84.9 Å². The molecule has 0 unspecified atom stereocenters. The smallest absolute Gasteiger partial charge is 0.138 e. The summed E-state index contributed by atoms with van der Waals surface area (Å²) < 4.78 is 6.28. The number of nitrogens with one attached hydrogen (secondary N) is 2. The third-order valence-corrected chi connectivity index (χ3v) is 7.01. The van der Waals surface area contributed by atoms with Crippen LogP contribution in [-0.4, -0.2) is 82.2 Å². The number of phenols is 1. The molecule has 4 aromatic carbocycles. The molecule has 0 saturated carbocycles. The minimum absolute atomic E-state index is 0.0792. The molecule has 0 spiro atoms. The Kier molecular flexibility index (Phi) is 7.17. The number of hydrogen-bond donors (Lipinski definition) is 3. The summed E-state index contributed by atoms with van der Waals surface area (Å²) in [6, 6.07) is 27.7. The van der Waals surface area contributed by atoms with Crippen LogP contribution in [0.3, 0.4) is 0 Å². The third-order valence-electron chi connectivity index (χ3n) is 7.01. The second-order valence-electron chi connectivity index (χ2n) is 11.0. The van der Waals surface area contributed by atoms with Crippen LogP contribution in [0.1, 0.15) is 0 Å². The molecule has 0 aliphatic rings. The van der Waals surface area contributed by atoms with Gasteiger partial charge in [0.05, 0.1) is 22.1 Å². The number of imidazole rings is 2. The first-order valence-electron chi connectivity index (χ1n) is 13.7. The van der Waals surface area contributed by atoms with Gasteiger partial charge in [-0.2, -0.15) is 0 Å². The van der Waals surface area contributed by atoms with Gasteiger partial charge in [0.2, 0.25) is 0 Å². The standard InChI is InChI=1S/C33H34N6O2/c1-38(2)19-27(20-39(3)4)41-26-13-7-22(8-14-26)33-35-29-16-10-24(18-31(29)37-33)23-9-15-28-30(17-23)36-32(34-28)21-5-11-25(40)12-6-21/h5-18,27,40H,19-20H2,1-4H3,(H,34,36)(H,35,37). The van der Waals surface area contributed by atoms with E-state index < -0.39 is 0 Å². The number of rotatable bonds is 9. The molecule has 2 heterocycles. The third kappa shape index (κ3) is 5.94. The van der Waals surface area contributed by atoms with Crippen molar-refractivity contribution in [1.29, 1.82) is 0 Å². The number of nitrogens with zero attached hydrogens (tertiary/aromatic N) is 4. The van der Waals surface area contributed by atoms with E-state index in [9.17, 15) is 5.11 Å². The predicted octanol–water partition coefficient (Wildman–Crippen LogP) is 6.02. The highest BCUT2D eigenvalue weighted by atomic mass is 16.5. The summed E-state index contributed by atoms with van der Waals surface area (Å²) in [7, 11) is 8.25. The van der Waals surface area contributed by atoms with Crippen molar-refractivity contribution in [1.82, 2.24) is 29.7 Å². The lowest BCUT2D eigenvalue weighted by Crippen LogP contribution is -2.38. The predicted molar refractivity (Wildman–Crippen MR) is 165 cm³/mol. The van der Waals surface area contributed by atoms with Gasteiger partial charge in [-0.05, 0) is 112 Å². The summed E-state index contributed by atoms with van der Waals surface area (Å²) in [6.45, 7) is 1.69. The molecule has 208 valence electrons. The molecule has 0 radical (unpaired) electrons. The van der Waals surface area contributed by atoms with Crippen molar-refractivity contribution in [3.05, 3.63) is 84.9 Å². The van der Waals surface area contributed by atoms with Crippen molar-refractivity contribution in [3.8, 4) is 45.4 Å². The van der Waals surface area contributed by atoms with Crippen LogP contribution >= 0.6 is 0 Å². The number of fused-ring (bicyclic) bond motifs is 2. The molecule has 0 amide bonds. The SMILES string of the molecule is CN(C)CC(CN(C)C)Oc1ccc(-c2nc3cc(-c4ccc5[nH]c(-c6ccc(O)cc6)nc5c4)ccc3[nH]2)cc1. The fourth-order valence-electron chi connectivity index (χ4n) is 5.09. The lowest BCUT2D eigenvalue weighted by atomic mass is 10.0. The van der Waals surface area contributed by atoms with Gasteiger partial charge in [0.1, 0.15) is 29.3 Å². The fraction of sp³-hybridized carbons (Fsp3) is 0.212. The number of H-pyrrole nitrogens is 2. The van der Waals surface area contributed by atoms with E-state index in [0.717, 1.165) is 74.8 Å². The first kappa shape index (κ1) is 26.6. The van der Waals surface area contributed by atoms with Crippen molar-refractivity contribution in [2.24, 2.45) is 0 Å². The molecule has 0 fully saturated rings. The second-order valence-corrected chi connectivity index (χ2v) is 11.0. The molecule has 0 bridgehead atoms. The molecule has 2 aromatic heterocycles. The highest BCUT2D eigenvalue weighted by Gasteiger charge is 2.14. The Hall–Kier alpha value is -4.66. The molecular weight excluding hydrogens is 512 g/mol. The molecule has 0 aliphatic heterocycles. The number of likely N-dealkylation sites (N-methyl/N-ethyl adjacent to an activating group) is 2. The Balaban J connectivity index is 1.22. The van der Waals surface area contributed by atoms with E-state index in [1.165, 1.54) is 0 Å². The van der Waals surface area contributed by atoms with E-state index in [1.807, 2.05) is 42.5 Å². The average molecular weight is 547 g/mol. The first-order valence-corrected chi connectivity index (χ1v) is 13.7. The summed E-state index contributed by atoms with van der Waals surface area (Å²) in [6.07, 6.45) is 0.0792. The van der Waals surface area contributed by atoms with Crippen molar-refractivity contribution < 1.29 is 9.84 Å². The van der Waals surface area contributed by atoms with Crippen molar-refractivity contribution in [2.45, 2.75) is 6.10 Å². The van der Waals surface area contributed by atoms with Crippen LogP contribution in [0.4, 0.5) is 0 Å². The fourth-order valence-corrected chi connectivity index (χ4v) is 5.09. The maximum atomic E-state index is 9.59. The lowest BCUT2D eigenvalue weighted by Gasteiger charge is -2.25. The Morgan fingerprint density at radius 1 is 0.634 bits per heavy atom. The van der Waals surface area contributed by atoms with Gasteiger partial charge in [0.15, 0.2) is 0 Å². The van der Waals surface area contributed by atoms with Crippen LogP contribution in [0.5, 0.6) is 11.5 Å². The van der Waals surface area contributed by atoms with Gasteiger partial charge in [0.25, 0.3) is 0 Å². The number of benzene rings is 4. The molecule has 8 nitrogen and oxygen atoms in total. The van der Waals surface area contributed by atoms with Crippen molar-refractivity contribution in [3.63, 3.8) is 0 Å². The largest absolute Gasteiger partial charge is 0.508 e. The normalized spacial score (nSPS) is 11.9. The van der Waals surface area contributed by atoms with E-state index in [1.54, 1.807) is 12.1 Å². The van der Waals surface area contributed by atoms with Crippen LogP contribution in [0.25, 0.3) is 56.0 Å². The highest BCUT2D eigenvalue weighted by Crippen LogP contribution is 2.30. The zero-order valence-electron chi connectivity index (χ0n) is 23.7. The minimum atomic E-state index is 0.0792. The maximum Gasteiger partial charge on any atom is 0.138 e. The van der Waals surface area contributed by atoms with Crippen LogP contribution in [0, 0.1) is 0 Å². The van der Waals surface area contributed by atoms with Gasteiger partial charge in [0, 0.05) is 24.2 Å². The Labute approximate surface area is 239 Å². The molecular formula is C33H34N6O2. The molecule has 6 rings (SSSR count). The zero-order chi connectivity index (χ0) is 28.5. The average Bonchev–Trinajstić information content (AvgIpc) is 3.56. The highest BCUT2D eigenvalue weighted by molar-refractivity contribution is 5.88. The number of aromatic amines is 2. The molecule has 0 aliphatic carbocycles. The van der Waals surface area contributed by atoms with Crippen LogP contribution < -0.4 is 4.74 Å². The Morgan fingerprint density at radius 3 is 1.54 bits per heavy atom. The summed E-state index contributed by atoms with van der Waals surface area (Å²) >= 11 is 0. The number of ether oxygens (including phenoxy) is 1. The van der Waals surface area contributed by atoms with E-state index >= 15 is 0 Å². The van der Waals surface area contributed by atoms with Gasteiger partial charge in [-0.25, -0.2) is 9.97 Å². The molecule has 0 saturated heterocycles. The maximum absolute atomic E-state index is 9.59. The second kappa shape index (κ2) is 11.1. The molecule has 6 aromatic rings. The van der Waals surface area contributed by atoms with Crippen LogP contribution in [0.2, 0.25) is 0 Å². The first-order chi connectivity index (χ1) is 19.8.